The van der Waals surface area contributed by atoms with Crippen LogP contribution in [0.2, 0.25) is 0 Å². The molecule has 0 amide bonds. The molecule has 5 atom stereocenters. The SMILES string of the molecule is CCCOCC(C)(C)C(=O)SCCOP1(=O)OCC2O[C@@H](n3cnc4c(NNS(C)(=O)=O)nc(N)nc43)[C@](C)(O)[C@@H]2O1. The number of nitrogen functional groups attached to an aromatic ring is 1. The second-order valence-electron chi connectivity index (χ2n) is 10.7. The third kappa shape index (κ3) is 7.40. The van der Waals surface area contributed by atoms with Crippen LogP contribution >= 0.6 is 19.6 Å². The van der Waals surface area contributed by atoms with E-state index in [-0.39, 0.29) is 53.6 Å². The van der Waals surface area contributed by atoms with Crippen LogP contribution in [0.3, 0.4) is 0 Å². The van der Waals surface area contributed by atoms with Gasteiger partial charge in [0.05, 0.1) is 37.8 Å². The van der Waals surface area contributed by atoms with E-state index in [4.69, 9.17) is 28.8 Å². The Balaban J connectivity index is 1.41. The molecule has 2 aliphatic heterocycles. The molecule has 0 saturated carbocycles. The van der Waals surface area contributed by atoms with Crippen molar-refractivity contribution in [2.24, 2.45) is 5.41 Å². The maximum atomic E-state index is 13.3. The summed E-state index contributed by atoms with van der Waals surface area (Å²) in [5.41, 5.74) is 6.03. The highest BCUT2D eigenvalue weighted by Crippen LogP contribution is 2.58. The molecule has 2 aromatic rings. The highest BCUT2D eigenvalue weighted by Gasteiger charge is 2.60. The maximum Gasteiger partial charge on any atom is 0.475 e. The summed E-state index contributed by atoms with van der Waals surface area (Å²) in [5, 5.41) is 11.4. The van der Waals surface area contributed by atoms with Gasteiger partial charge in [-0.1, -0.05) is 18.7 Å². The number of aliphatic hydroxyl groups is 1. The molecule has 0 spiro atoms. The van der Waals surface area contributed by atoms with Gasteiger partial charge in [0.1, 0.15) is 17.8 Å². The van der Waals surface area contributed by atoms with Gasteiger partial charge in [-0.3, -0.25) is 28.4 Å². The zero-order valence-electron chi connectivity index (χ0n) is 23.8. The second kappa shape index (κ2) is 12.6. The van der Waals surface area contributed by atoms with Crippen LogP contribution in [0.4, 0.5) is 11.8 Å². The molecule has 42 heavy (non-hydrogen) atoms. The zero-order chi connectivity index (χ0) is 30.9. The quantitative estimate of drug-likeness (QED) is 0.135. The molecule has 0 radical (unpaired) electrons. The van der Waals surface area contributed by atoms with Gasteiger partial charge < -0.3 is 20.3 Å². The Bertz CT molecular complexity index is 1450. The van der Waals surface area contributed by atoms with E-state index in [2.05, 4.69) is 25.2 Å². The molecule has 0 aliphatic carbocycles. The van der Waals surface area contributed by atoms with Gasteiger partial charge in [0.2, 0.25) is 16.0 Å². The van der Waals surface area contributed by atoms with Crippen LogP contribution in [0, 0.1) is 5.41 Å². The number of imidazole rings is 1. The number of fused-ring (bicyclic) bond motifs is 2. The number of thioether (sulfide) groups is 1. The predicted octanol–water partition coefficient (Wildman–Crippen LogP) is 1.19. The van der Waals surface area contributed by atoms with Crippen molar-refractivity contribution in [2.45, 2.75) is 58.2 Å². The molecular formula is C22H36N7O10PS2. The summed E-state index contributed by atoms with van der Waals surface area (Å²) in [4.78, 5) is 27.0. The van der Waals surface area contributed by atoms with Crippen LogP contribution in [0.25, 0.3) is 11.2 Å². The first-order valence-corrected chi connectivity index (χ1v) is 17.3. The molecule has 2 unspecified atom stereocenters. The van der Waals surface area contributed by atoms with E-state index < -0.39 is 47.3 Å². The zero-order valence-corrected chi connectivity index (χ0v) is 26.3. The Hall–Kier alpha value is -1.93. The van der Waals surface area contributed by atoms with Gasteiger partial charge in [-0.25, -0.2) is 18.0 Å². The molecule has 4 rings (SSSR count). The van der Waals surface area contributed by atoms with E-state index in [1.807, 2.05) is 6.92 Å². The fourth-order valence-electron chi connectivity index (χ4n) is 4.28. The number of carbonyl (C=O) groups is 1. The summed E-state index contributed by atoms with van der Waals surface area (Å²) in [6, 6.07) is 0. The van der Waals surface area contributed by atoms with Gasteiger partial charge >= 0.3 is 7.82 Å². The van der Waals surface area contributed by atoms with Crippen molar-refractivity contribution in [3.05, 3.63) is 6.33 Å². The molecule has 2 saturated heterocycles. The number of hydrogen-bond donors (Lipinski definition) is 4. The average molecular weight is 654 g/mol. The standard InChI is InChI=1S/C22H36N7O10PS2/c1-6-7-35-11-21(2,3)19(30)41-9-8-36-40(32)37-10-13-15(39-40)22(4,31)18(38-13)29-12-24-14-16(27-28-42(5,33)34)25-20(23)26-17(14)29/h12-13,15,18,28,31H,6-11H2,1-5H3,(H3,23,25,26,27)/t13?,15-,18-,22-,40?/m1/s1. The van der Waals surface area contributed by atoms with Crippen molar-refractivity contribution >= 4 is 57.7 Å². The first-order chi connectivity index (χ1) is 19.6. The minimum Gasteiger partial charge on any atom is -0.383 e. The van der Waals surface area contributed by atoms with Gasteiger partial charge in [-0.15, -0.1) is 4.83 Å². The largest absolute Gasteiger partial charge is 0.475 e. The third-order valence-electron chi connectivity index (χ3n) is 6.33. The number of phosphoric acid groups is 1. The number of aromatic nitrogens is 4. The van der Waals surface area contributed by atoms with Crippen molar-refractivity contribution in [3.8, 4) is 0 Å². The summed E-state index contributed by atoms with van der Waals surface area (Å²) in [7, 11) is -7.75. The molecule has 20 heteroatoms. The summed E-state index contributed by atoms with van der Waals surface area (Å²) in [5.74, 6) is -0.0337. The average Bonchev–Trinajstić information content (AvgIpc) is 3.42. The first-order valence-electron chi connectivity index (χ1n) is 13.0. The number of nitrogens with zero attached hydrogens (tertiary/aromatic N) is 4. The van der Waals surface area contributed by atoms with Crippen molar-refractivity contribution in [1.82, 2.24) is 24.4 Å². The molecule has 0 aromatic carbocycles. The smallest absolute Gasteiger partial charge is 0.383 e. The third-order valence-corrected chi connectivity index (χ3v) is 9.44. The Morgan fingerprint density at radius 3 is 2.81 bits per heavy atom. The van der Waals surface area contributed by atoms with Crippen LogP contribution in [0.5, 0.6) is 0 Å². The van der Waals surface area contributed by atoms with Crippen LogP contribution < -0.4 is 16.0 Å². The number of sulfonamides is 1. The number of ether oxygens (including phenoxy) is 2. The second-order valence-corrected chi connectivity index (χ2v) is 15.1. The van der Waals surface area contributed by atoms with Crippen LogP contribution in [0.1, 0.15) is 40.3 Å². The molecule has 2 fully saturated rings. The number of phosphoric ester groups is 1. The highest BCUT2D eigenvalue weighted by molar-refractivity contribution is 8.13. The lowest BCUT2D eigenvalue weighted by atomic mass is 9.96. The fraction of sp³-hybridized carbons (Fsp3) is 0.727. The minimum atomic E-state index is -4.11. The maximum absolute atomic E-state index is 13.3. The Morgan fingerprint density at radius 1 is 1.38 bits per heavy atom. The highest BCUT2D eigenvalue weighted by atomic mass is 32.2. The summed E-state index contributed by atoms with van der Waals surface area (Å²) >= 11 is 1.03. The number of hydrazine groups is 1. The van der Waals surface area contributed by atoms with Crippen molar-refractivity contribution in [2.75, 3.05) is 49.6 Å². The Kier molecular flexibility index (Phi) is 9.88. The van der Waals surface area contributed by atoms with Gasteiger partial charge in [0.15, 0.2) is 28.3 Å². The number of carbonyl (C=O) groups excluding carboxylic acids is 1. The number of nitrogens with two attached hydrogens (primary N) is 1. The predicted molar refractivity (Wildman–Crippen MR) is 153 cm³/mol. The van der Waals surface area contributed by atoms with E-state index in [9.17, 15) is 22.9 Å². The topological polar surface area (TPSA) is 228 Å². The number of anilines is 2. The van der Waals surface area contributed by atoms with Gasteiger partial charge in [-0.2, -0.15) is 9.97 Å². The normalized spacial score (nSPS) is 28.2. The van der Waals surface area contributed by atoms with E-state index in [0.717, 1.165) is 24.4 Å². The van der Waals surface area contributed by atoms with Crippen molar-refractivity contribution < 1.29 is 45.9 Å². The van der Waals surface area contributed by atoms with Gasteiger partial charge in [-0.05, 0) is 27.2 Å². The molecule has 17 nitrogen and oxygen atoms in total. The Labute approximate surface area is 247 Å². The monoisotopic (exact) mass is 653 g/mol. The molecule has 5 N–H and O–H groups in total. The van der Waals surface area contributed by atoms with Crippen LogP contribution in [-0.4, -0.2) is 94.4 Å². The van der Waals surface area contributed by atoms with Crippen molar-refractivity contribution in [3.63, 3.8) is 0 Å². The number of rotatable bonds is 13. The first kappa shape index (κ1) is 33.0. The lowest BCUT2D eigenvalue weighted by molar-refractivity contribution is -0.121. The molecule has 236 valence electrons. The van der Waals surface area contributed by atoms with Crippen LogP contribution in [0.15, 0.2) is 6.33 Å². The lowest BCUT2D eigenvalue weighted by Gasteiger charge is -2.35. The van der Waals surface area contributed by atoms with E-state index >= 15 is 0 Å². The summed E-state index contributed by atoms with van der Waals surface area (Å²) in [6.07, 6.45) is -0.0140. The molecule has 0 bridgehead atoms. The minimum absolute atomic E-state index is 0.0255. The number of hydrogen-bond acceptors (Lipinski definition) is 16. The molecule has 2 aromatic heterocycles. The number of nitrogens with one attached hydrogen (secondary N) is 2. The van der Waals surface area contributed by atoms with E-state index in [1.54, 1.807) is 13.8 Å². The van der Waals surface area contributed by atoms with E-state index in [1.165, 1.54) is 17.8 Å². The summed E-state index contributed by atoms with van der Waals surface area (Å²) in [6.45, 7) is 7.54. The van der Waals surface area contributed by atoms with E-state index in [0.29, 0.717) is 6.61 Å². The lowest BCUT2D eigenvalue weighted by Crippen LogP contribution is -2.47. The summed E-state index contributed by atoms with van der Waals surface area (Å²) < 4.78 is 65.7. The van der Waals surface area contributed by atoms with Gasteiger partial charge in [0, 0.05) is 12.4 Å². The van der Waals surface area contributed by atoms with Crippen molar-refractivity contribution in [1.29, 1.82) is 0 Å². The fourth-order valence-corrected chi connectivity index (χ4v) is 6.96. The molecular weight excluding hydrogens is 617 g/mol. The van der Waals surface area contributed by atoms with Gasteiger partial charge in [0.25, 0.3) is 0 Å². The van der Waals surface area contributed by atoms with Crippen LogP contribution in [-0.2, 0) is 42.4 Å². The molecule has 2 aliphatic rings. The Morgan fingerprint density at radius 2 is 2.12 bits per heavy atom. The molecule has 4 heterocycles.